The van der Waals surface area contributed by atoms with Crippen molar-refractivity contribution in [2.45, 2.75) is 19.0 Å². The number of ether oxygens (including phenoxy) is 2. The van der Waals surface area contributed by atoms with Crippen LogP contribution in [0.25, 0.3) is 22.3 Å². The van der Waals surface area contributed by atoms with Crippen LogP contribution in [0.2, 0.25) is 0 Å². The van der Waals surface area contributed by atoms with E-state index in [1.807, 2.05) is 60.8 Å². The van der Waals surface area contributed by atoms with Crippen LogP contribution in [0.1, 0.15) is 17.5 Å². The van der Waals surface area contributed by atoms with Crippen LogP contribution in [0.5, 0.6) is 5.75 Å². The number of aromatic nitrogens is 2. The van der Waals surface area contributed by atoms with Gasteiger partial charge in [-0.15, -0.1) is 0 Å². The Labute approximate surface area is 208 Å². The number of carbonyl (C=O) groups is 1. The van der Waals surface area contributed by atoms with Gasteiger partial charge in [0.15, 0.2) is 12.4 Å². The molecule has 180 valence electrons. The number of amides is 1. The highest BCUT2D eigenvalue weighted by molar-refractivity contribution is 5.93. The van der Waals surface area contributed by atoms with Gasteiger partial charge in [0.25, 0.3) is 5.91 Å². The number of aliphatic imine (C=N–C) groups is 1. The molecule has 1 atom stereocenters. The van der Waals surface area contributed by atoms with Gasteiger partial charge in [-0.2, -0.15) is 0 Å². The maximum absolute atomic E-state index is 12.2. The summed E-state index contributed by atoms with van der Waals surface area (Å²) in [7, 11) is 0. The number of carbonyl (C=O) groups excluding carboxylic acids is 1. The van der Waals surface area contributed by atoms with Crippen LogP contribution in [0.4, 0.5) is 11.5 Å². The molecule has 36 heavy (non-hydrogen) atoms. The normalized spacial score (nSPS) is 16.2. The number of para-hydroxylation sites is 1. The molecular weight excluding hydrogens is 454 g/mol. The first-order chi connectivity index (χ1) is 17.7. The first-order valence-electron chi connectivity index (χ1n) is 12.0. The van der Waals surface area contributed by atoms with Crippen molar-refractivity contribution in [2.24, 2.45) is 4.99 Å². The molecule has 0 spiro atoms. The van der Waals surface area contributed by atoms with Crippen molar-refractivity contribution in [3.05, 3.63) is 77.9 Å². The van der Waals surface area contributed by atoms with Crippen molar-refractivity contribution in [1.82, 2.24) is 15.3 Å². The van der Waals surface area contributed by atoms with E-state index >= 15 is 0 Å². The summed E-state index contributed by atoms with van der Waals surface area (Å²) in [6, 6.07) is 21.7. The average Bonchev–Trinajstić information content (AvgIpc) is 3.59. The third-order valence-electron chi connectivity index (χ3n) is 6.26. The van der Waals surface area contributed by atoms with E-state index < -0.39 is 0 Å². The molecule has 1 saturated heterocycles. The van der Waals surface area contributed by atoms with Gasteiger partial charge in [0, 0.05) is 29.5 Å². The summed E-state index contributed by atoms with van der Waals surface area (Å²) in [5.41, 5.74) is 4.90. The van der Waals surface area contributed by atoms with Gasteiger partial charge >= 0.3 is 0 Å². The number of rotatable bonds is 7. The van der Waals surface area contributed by atoms with Crippen molar-refractivity contribution in [3.8, 4) is 17.1 Å². The Hall–Kier alpha value is -4.30. The molecule has 2 aliphatic rings. The molecule has 1 amide bonds. The third kappa shape index (κ3) is 4.76. The smallest absolute Gasteiger partial charge is 0.258 e. The van der Waals surface area contributed by atoms with E-state index in [1.54, 1.807) is 0 Å². The van der Waals surface area contributed by atoms with Gasteiger partial charge in [0.2, 0.25) is 0 Å². The summed E-state index contributed by atoms with van der Waals surface area (Å²) in [5.74, 6) is 1.70. The Morgan fingerprint density at radius 2 is 2.00 bits per heavy atom. The predicted octanol–water partition coefficient (Wildman–Crippen LogP) is 4.26. The van der Waals surface area contributed by atoms with E-state index in [2.05, 4.69) is 27.8 Å². The van der Waals surface area contributed by atoms with Crippen molar-refractivity contribution in [1.29, 1.82) is 0 Å². The molecule has 1 aromatic heterocycles. The topological polar surface area (TPSA) is 97.7 Å². The Balaban J connectivity index is 1.25. The highest BCUT2D eigenvalue weighted by atomic mass is 16.5. The molecular formula is C28H25N5O3. The fourth-order valence-electron chi connectivity index (χ4n) is 4.41. The predicted molar refractivity (Wildman–Crippen MR) is 139 cm³/mol. The zero-order chi connectivity index (χ0) is 24.3. The Morgan fingerprint density at radius 1 is 1.06 bits per heavy atom. The molecule has 6 rings (SSSR count). The number of nitrogens with zero attached hydrogens (tertiary/aromatic N) is 3. The number of hydrogen-bond donors (Lipinski definition) is 2. The second kappa shape index (κ2) is 9.75. The quantitative estimate of drug-likeness (QED) is 0.411. The second-order valence-electron chi connectivity index (χ2n) is 8.87. The lowest BCUT2D eigenvalue weighted by molar-refractivity contribution is -0.123. The van der Waals surface area contributed by atoms with E-state index in [0.717, 1.165) is 46.5 Å². The van der Waals surface area contributed by atoms with Crippen LogP contribution in [-0.4, -0.2) is 48.0 Å². The second-order valence-corrected chi connectivity index (χ2v) is 8.87. The summed E-state index contributed by atoms with van der Waals surface area (Å²) >= 11 is 0. The average molecular weight is 480 g/mol. The van der Waals surface area contributed by atoms with Gasteiger partial charge in [-0.1, -0.05) is 30.3 Å². The van der Waals surface area contributed by atoms with E-state index in [9.17, 15) is 4.79 Å². The molecule has 2 aliphatic heterocycles. The highest BCUT2D eigenvalue weighted by Gasteiger charge is 2.18. The minimum Gasteiger partial charge on any atom is -0.484 e. The van der Waals surface area contributed by atoms with E-state index in [4.69, 9.17) is 19.4 Å². The summed E-state index contributed by atoms with van der Waals surface area (Å²) in [6.07, 6.45) is 2.73. The summed E-state index contributed by atoms with van der Waals surface area (Å²) < 4.78 is 11.1. The molecule has 0 unspecified atom stereocenters. The number of anilines is 2. The van der Waals surface area contributed by atoms with Crippen LogP contribution < -0.4 is 15.4 Å². The molecule has 2 N–H and O–H groups in total. The van der Waals surface area contributed by atoms with Crippen LogP contribution >= 0.6 is 0 Å². The number of benzene rings is 3. The molecule has 0 bridgehead atoms. The minimum atomic E-state index is -0.163. The molecule has 3 aromatic carbocycles. The maximum atomic E-state index is 12.2. The van der Waals surface area contributed by atoms with Gasteiger partial charge < -0.3 is 20.1 Å². The molecule has 0 saturated carbocycles. The molecule has 0 radical (unpaired) electrons. The lowest BCUT2D eigenvalue weighted by atomic mass is 10.1. The Kier molecular flexibility index (Phi) is 6.01. The van der Waals surface area contributed by atoms with E-state index in [-0.39, 0.29) is 18.6 Å². The fraction of sp³-hybridized carbons (Fsp3) is 0.214. The highest BCUT2D eigenvalue weighted by Crippen LogP contribution is 2.30. The third-order valence-corrected chi connectivity index (χ3v) is 6.26. The lowest BCUT2D eigenvalue weighted by Gasteiger charge is -2.13. The fourth-order valence-corrected chi connectivity index (χ4v) is 4.41. The van der Waals surface area contributed by atoms with Crippen molar-refractivity contribution >= 4 is 34.5 Å². The van der Waals surface area contributed by atoms with Gasteiger partial charge in [-0.25, -0.2) is 9.97 Å². The summed E-state index contributed by atoms with van der Waals surface area (Å²) in [4.78, 5) is 26.2. The number of nitrogens with one attached hydrogen (secondary N) is 2. The van der Waals surface area contributed by atoms with Crippen LogP contribution in [0, 0.1) is 0 Å². The van der Waals surface area contributed by atoms with Gasteiger partial charge in [-0.3, -0.25) is 9.79 Å². The van der Waals surface area contributed by atoms with Crippen molar-refractivity contribution < 1.29 is 14.3 Å². The van der Waals surface area contributed by atoms with Gasteiger partial charge in [0.05, 0.1) is 24.7 Å². The SMILES string of the molecule is O=C(COc1cccc(-c2nc(Nc3ccc4c(c3)C=NC4)c3ccccc3n2)c1)N[C@@H]1CCOC1. The lowest BCUT2D eigenvalue weighted by Crippen LogP contribution is -2.38. The number of fused-ring (bicyclic) bond motifs is 2. The van der Waals surface area contributed by atoms with Crippen LogP contribution in [0.3, 0.4) is 0 Å². The zero-order valence-corrected chi connectivity index (χ0v) is 19.6. The van der Waals surface area contributed by atoms with Crippen molar-refractivity contribution in [3.63, 3.8) is 0 Å². The molecule has 8 nitrogen and oxygen atoms in total. The standard InChI is InChI=1S/C28H25N5O3/c34-26(30-22-10-11-35-16-22)17-36-23-5-3-4-18(13-23)27-32-25-7-2-1-6-24(25)28(33-27)31-21-9-8-19-14-29-15-20(19)12-21/h1-9,12-13,15,22H,10-11,14,16-17H2,(H,30,34)(H,31,32,33)/t22-/m1/s1. The molecule has 4 aromatic rings. The maximum Gasteiger partial charge on any atom is 0.258 e. The van der Waals surface area contributed by atoms with E-state index in [0.29, 0.717) is 24.8 Å². The molecule has 8 heteroatoms. The first kappa shape index (κ1) is 22.2. The van der Waals surface area contributed by atoms with Gasteiger partial charge in [-0.05, 0) is 53.9 Å². The minimum absolute atomic E-state index is 0.0577. The molecule has 3 heterocycles. The Bertz CT molecular complexity index is 1460. The van der Waals surface area contributed by atoms with Crippen molar-refractivity contribution in [2.75, 3.05) is 25.1 Å². The van der Waals surface area contributed by atoms with Crippen LogP contribution in [-0.2, 0) is 16.1 Å². The first-order valence-corrected chi connectivity index (χ1v) is 12.0. The summed E-state index contributed by atoms with van der Waals surface area (Å²) in [6.45, 7) is 1.89. The molecule has 1 fully saturated rings. The van der Waals surface area contributed by atoms with Crippen LogP contribution in [0.15, 0.2) is 71.7 Å². The van der Waals surface area contributed by atoms with E-state index in [1.165, 1.54) is 5.56 Å². The zero-order valence-electron chi connectivity index (χ0n) is 19.6. The van der Waals surface area contributed by atoms with Gasteiger partial charge in [0.1, 0.15) is 11.6 Å². The molecule has 0 aliphatic carbocycles. The summed E-state index contributed by atoms with van der Waals surface area (Å²) in [5, 5.41) is 7.33. The monoisotopic (exact) mass is 479 g/mol. The number of hydrogen-bond acceptors (Lipinski definition) is 7. The Morgan fingerprint density at radius 3 is 2.92 bits per heavy atom. The largest absolute Gasteiger partial charge is 0.484 e.